The number of benzene rings is 1. The molecule has 116 valence electrons. The van der Waals surface area contributed by atoms with Crippen LogP contribution >= 0.6 is 0 Å². The molecule has 0 saturated carbocycles. The normalized spacial score (nSPS) is 10.2. The molecule has 0 fully saturated rings. The van der Waals surface area contributed by atoms with E-state index in [1.807, 2.05) is 12.1 Å². The zero-order valence-corrected chi connectivity index (χ0v) is 12.7. The molecule has 22 heavy (non-hydrogen) atoms. The topological polar surface area (TPSA) is 77.2 Å². The van der Waals surface area contributed by atoms with Gasteiger partial charge in [0.1, 0.15) is 5.75 Å². The van der Waals surface area contributed by atoms with Crippen molar-refractivity contribution in [3.63, 3.8) is 0 Å². The lowest BCUT2D eigenvalue weighted by Crippen LogP contribution is -2.23. The number of nitrogens with one attached hydrogen (secondary N) is 1. The first-order valence-corrected chi connectivity index (χ1v) is 7.40. The van der Waals surface area contributed by atoms with E-state index in [2.05, 4.69) is 17.2 Å². The third kappa shape index (κ3) is 4.48. The third-order valence-electron chi connectivity index (χ3n) is 3.21. The standard InChI is InChI=1S/C17H21N3O2/c1-2-3-9-22-16-10-14(6-7-15(16)18)17(21)20-12-13-5-4-8-19-11-13/h4-8,10-11H,2-3,9,12,18H2,1H3,(H,20,21). The van der Waals surface area contributed by atoms with Crippen LogP contribution in [-0.2, 0) is 6.54 Å². The number of rotatable bonds is 7. The van der Waals surface area contributed by atoms with Crippen molar-refractivity contribution in [3.8, 4) is 5.75 Å². The van der Waals surface area contributed by atoms with Crippen LogP contribution in [-0.4, -0.2) is 17.5 Å². The molecule has 2 rings (SSSR count). The molecule has 1 aromatic heterocycles. The number of pyridine rings is 1. The molecule has 0 radical (unpaired) electrons. The predicted octanol–water partition coefficient (Wildman–Crippen LogP) is 2.77. The zero-order chi connectivity index (χ0) is 15.8. The lowest BCUT2D eigenvalue weighted by molar-refractivity contribution is 0.0950. The van der Waals surface area contributed by atoms with Crippen LogP contribution in [0.4, 0.5) is 5.69 Å². The number of nitrogens with two attached hydrogens (primary N) is 1. The summed E-state index contributed by atoms with van der Waals surface area (Å²) < 4.78 is 5.62. The number of ether oxygens (including phenoxy) is 1. The molecular formula is C17H21N3O2. The minimum absolute atomic E-state index is 0.163. The van der Waals surface area contributed by atoms with Gasteiger partial charge in [0.05, 0.1) is 12.3 Å². The second-order valence-corrected chi connectivity index (χ2v) is 5.00. The highest BCUT2D eigenvalue weighted by Gasteiger charge is 2.09. The second-order valence-electron chi connectivity index (χ2n) is 5.00. The molecule has 1 heterocycles. The molecule has 1 amide bonds. The van der Waals surface area contributed by atoms with Crippen LogP contribution in [0.5, 0.6) is 5.75 Å². The van der Waals surface area contributed by atoms with E-state index in [-0.39, 0.29) is 5.91 Å². The molecule has 0 atom stereocenters. The van der Waals surface area contributed by atoms with E-state index in [0.717, 1.165) is 18.4 Å². The molecule has 0 saturated heterocycles. The number of aromatic nitrogens is 1. The number of anilines is 1. The summed E-state index contributed by atoms with van der Waals surface area (Å²) in [6.07, 6.45) is 5.43. The smallest absolute Gasteiger partial charge is 0.251 e. The van der Waals surface area contributed by atoms with Crippen molar-refractivity contribution in [2.24, 2.45) is 0 Å². The molecule has 1 aromatic carbocycles. The first-order chi connectivity index (χ1) is 10.7. The number of nitrogen functional groups attached to an aromatic ring is 1. The Morgan fingerprint density at radius 3 is 2.95 bits per heavy atom. The summed E-state index contributed by atoms with van der Waals surface area (Å²) in [4.78, 5) is 16.2. The van der Waals surface area contributed by atoms with Crippen molar-refractivity contribution >= 4 is 11.6 Å². The summed E-state index contributed by atoms with van der Waals surface area (Å²) >= 11 is 0. The van der Waals surface area contributed by atoms with Crippen molar-refractivity contribution in [3.05, 3.63) is 53.9 Å². The summed E-state index contributed by atoms with van der Waals surface area (Å²) in [5.74, 6) is 0.395. The van der Waals surface area contributed by atoms with E-state index in [4.69, 9.17) is 10.5 Å². The molecular weight excluding hydrogens is 278 g/mol. The Bertz CT molecular complexity index is 615. The molecule has 5 nitrogen and oxygen atoms in total. The Kier molecular flexibility index (Phi) is 5.77. The van der Waals surface area contributed by atoms with E-state index < -0.39 is 0 Å². The predicted molar refractivity (Wildman–Crippen MR) is 86.7 cm³/mol. The van der Waals surface area contributed by atoms with Crippen molar-refractivity contribution < 1.29 is 9.53 Å². The molecule has 0 bridgehead atoms. The van der Waals surface area contributed by atoms with Gasteiger partial charge in [-0.2, -0.15) is 0 Å². The van der Waals surface area contributed by atoms with E-state index in [0.29, 0.717) is 30.2 Å². The zero-order valence-electron chi connectivity index (χ0n) is 12.7. The summed E-state index contributed by atoms with van der Waals surface area (Å²) in [7, 11) is 0. The Balaban J connectivity index is 1.98. The molecule has 3 N–H and O–H groups in total. The quantitative estimate of drug-likeness (QED) is 0.609. The molecule has 0 unspecified atom stereocenters. The lowest BCUT2D eigenvalue weighted by Gasteiger charge is -2.11. The van der Waals surface area contributed by atoms with Gasteiger partial charge in [-0.3, -0.25) is 9.78 Å². The monoisotopic (exact) mass is 299 g/mol. The van der Waals surface area contributed by atoms with E-state index in [9.17, 15) is 4.79 Å². The van der Waals surface area contributed by atoms with Crippen LogP contribution in [0.25, 0.3) is 0 Å². The van der Waals surface area contributed by atoms with Gasteiger partial charge in [0.15, 0.2) is 0 Å². The summed E-state index contributed by atoms with van der Waals surface area (Å²) in [5.41, 5.74) is 7.90. The summed E-state index contributed by atoms with van der Waals surface area (Å²) in [6, 6.07) is 8.82. The van der Waals surface area contributed by atoms with Crippen LogP contribution in [0.15, 0.2) is 42.7 Å². The van der Waals surface area contributed by atoms with Crippen molar-refractivity contribution in [2.75, 3.05) is 12.3 Å². The average Bonchev–Trinajstić information content (AvgIpc) is 2.55. The molecule has 0 spiro atoms. The fourth-order valence-corrected chi connectivity index (χ4v) is 1.91. The van der Waals surface area contributed by atoms with E-state index >= 15 is 0 Å². The first kappa shape index (κ1) is 15.8. The van der Waals surface area contributed by atoms with Gasteiger partial charge in [-0.25, -0.2) is 0 Å². The first-order valence-electron chi connectivity index (χ1n) is 7.40. The fourth-order valence-electron chi connectivity index (χ4n) is 1.91. The highest BCUT2D eigenvalue weighted by molar-refractivity contribution is 5.95. The SMILES string of the molecule is CCCCOc1cc(C(=O)NCc2cccnc2)ccc1N. The van der Waals surface area contributed by atoms with Crippen LogP contribution in [0.3, 0.4) is 0 Å². The van der Waals surface area contributed by atoms with Gasteiger partial charge in [-0.1, -0.05) is 19.4 Å². The molecule has 2 aromatic rings. The Hall–Kier alpha value is -2.56. The average molecular weight is 299 g/mol. The van der Waals surface area contributed by atoms with E-state index in [1.165, 1.54) is 0 Å². The Morgan fingerprint density at radius 2 is 2.23 bits per heavy atom. The Morgan fingerprint density at radius 1 is 1.36 bits per heavy atom. The van der Waals surface area contributed by atoms with Crippen LogP contribution < -0.4 is 15.8 Å². The molecule has 0 aliphatic rings. The number of amides is 1. The van der Waals surface area contributed by atoms with Gasteiger partial charge in [0.25, 0.3) is 5.91 Å². The van der Waals surface area contributed by atoms with Gasteiger partial charge in [0.2, 0.25) is 0 Å². The number of hydrogen-bond acceptors (Lipinski definition) is 4. The highest BCUT2D eigenvalue weighted by atomic mass is 16.5. The molecule has 5 heteroatoms. The number of carbonyl (C=O) groups is 1. The number of nitrogens with zero attached hydrogens (tertiary/aromatic N) is 1. The van der Waals surface area contributed by atoms with E-state index in [1.54, 1.807) is 30.6 Å². The largest absolute Gasteiger partial charge is 0.491 e. The number of hydrogen-bond donors (Lipinski definition) is 2. The molecule has 0 aliphatic carbocycles. The van der Waals surface area contributed by atoms with Crippen LogP contribution in [0.2, 0.25) is 0 Å². The van der Waals surface area contributed by atoms with Gasteiger partial charge in [0, 0.05) is 24.5 Å². The summed E-state index contributed by atoms with van der Waals surface area (Å²) in [5, 5.41) is 2.85. The molecule has 0 aliphatic heterocycles. The third-order valence-corrected chi connectivity index (χ3v) is 3.21. The lowest BCUT2D eigenvalue weighted by atomic mass is 10.1. The van der Waals surface area contributed by atoms with Crippen LogP contribution in [0, 0.1) is 0 Å². The van der Waals surface area contributed by atoms with Gasteiger partial charge >= 0.3 is 0 Å². The maximum atomic E-state index is 12.2. The van der Waals surface area contributed by atoms with Crippen LogP contribution in [0.1, 0.15) is 35.7 Å². The summed E-state index contributed by atoms with van der Waals surface area (Å²) in [6.45, 7) is 3.12. The van der Waals surface area contributed by atoms with Crippen molar-refractivity contribution in [1.29, 1.82) is 0 Å². The second kappa shape index (κ2) is 8.02. The van der Waals surface area contributed by atoms with Gasteiger partial charge in [-0.05, 0) is 36.2 Å². The fraction of sp³-hybridized carbons (Fsp3) is 0.294. The number of carbonyl (C=O) groups excluding carboxylic acids is 1. The minimum atomic E-state index is -0.163. The minimum Gasteiger partial charge on any atom is -0.491 e. The van der Waals surface area contributed by atoms with Crippen molar-refractivity contribution in [2.45, 2.75) is 26.3 Å². The number of unbranched alkanes of at least 4 members (excludes halogenated alkanes) is 1. The maximum absolute atomic E-state index is 12.2. The van der Waals surface area contributed by atoms with Gasteiger partial charge in [-0.15, -0.1) is 0 Å². The Labute approximate surface area is 130 Å². The van der Waals surface area contributed by atoms with Gasteiger partial charge < -0.3 is 15.8 Å². The van der Waals surface area contributed by atoms with Crippen molar-refractivity contribution in [1.82, 2.24) is 10.3 Å². The highest BCUT2D eigenvalue weighted by Crippen LogP contribution is 2.23. The maximum Gasteiger partial charge on any atom is 0.251 e.